The summed E-state index contributed by atoms with van der Waals surface area (Å²) in [5.74, 6) is -0.280. The molecule has 5 nitrogen and oxygen atoms in total. The maximum Gasteiger partial charge on any atom is 0.338 e. The normalized spacial score (nSPS) is 19.7. The summed E-state index contributed by atoms with van der Waals surface area (Å²) in [6.45, 7) is 6.33. The molecule has 0 unspecified atom stereocenters. The third-order valence-corrected chi connectivity index (χ3v) is 4.76. The molecule has 0 aromatic heterocycles. The first-order chi connectivity index (χ1) is 13.3. The van der Waals surface area contributed by atoms with Crippen LogP contribution in [-0.4, -0.2) is 30.1 Å². The number of rotatable bonds is 4. The molecule has 1 heterocycles. The molecule has 1 aliphatic heterocycles. The molecule has 5 heteroatoms. The van der Waals surface area contributed by atoms with Crippen molar-refractivity contribution in [3.8, 4) is 0 Å². The molecule has 0 radical (unpaired) electrons. The second kappa shape index (κ2) is 8.57. The Labute approximate surface area is 166 Å². The highest BCUT2D eigenvalue weighted by Gasteiger charge is 2.31. The zero-order chi connectivity index (χ0) is 20.1. The van der Waals surface area contributed by atoms with E-state index in [1.165, 1.54) is 5.56 Å². The average molecular weight is 380 g/mol. The Morgan fingerprint density at radius 2 is 1.71 bits per heavy atom. The first-order valence-corrected chi connectivity index (χ1v) is 9.76. The van der Waals surface area contributed by atoms with E-state index in [4.69, 9.17) is 4.74 Å². The highest BCUT2D eigenvalue weighted by atomic mass is 16.6. The lowest BCUT2D eigenvalue weighted by atomic mass is 9.84. The van der Waals surface area contributed by atoms with Crippen LogP contribution in [0.4, 0.5) is 5.69 Å². The minimum Gasteiger partial charge on any atom is -0.456 e. The van der Waals surface area contributed by atoms with E-state index in [1.807, 2.05) is 39.0 Å². The van der Waals surface area contributed by atoms with Crippen LogP contribution in [0.5, 0.6) is 0 Å². The second-order valence-electron chi connectivity index (χ2n) is 8.16. The van der Waals surface area contributed by atoms with Crippen molar-refractivity contribution in [1.82, 2.24) is 5.32 Å². The van der Waals surface area contributed by atoms with E-state index in [-0.39, 0.29) is 23.8 Å². The van der Waals surface area contributed by atoms with Crippen molar-refractivity contribution < 1.29 is 14.3 Å². The number of piperidine rings is 1. The van der Waals surface area contributed by atoms with Gasteiger partial charge in [-0.05, 0) is 70.0 Å². The number of hydrogen-bond donors (Lipinski definition) is 2. The van der Waals surface area contributed by atoms with Crippen LogP contribution in [-0.2, 0) is 9.53 Å². The van der Waals surface area contributed by atoms with Gasteiger partial charge < -0.3 is 15.4 Å². The van der Waals surface area contributed by atoms with Crippen molar-refractivity contribution >= 4 is 17.6 Å². The second-order valence-corrected chi connectivity index (χ2v) is 8.16. The predicted molar refractivity (Wildman–Crippen MR) is 110 cm³/mol. The van der Waals surface area contributed by atoms with Gasteiger partial charge in [-0.1, -0.05) is 30.3 Å². The monoisotopic (exact) mass is 380 g/mol. The topological polar surface area (TPSA) is 67.4 Å². The zero-order valence-electron chi connectivity index (χ0n) is 16.7. The summed E-state index contributed by atoms with van der Waals surface area (Å²) in [6, 6.07) is 16.7. The maximum absolute atomic E-state index is 12.9. The Balaban J connectivity index is 1.67. The SMILES string of the molecule is CC(C)(C)OC(=O)c1ccc(NC(=O)[C@H]2NCCC[C@H]2c2ccccc2)cc1. The molecule has 1 aliphatic rings. The summed E-state index contributed by atoms with van der Waals surface area (Å²) in [6.07, 6.45) is 2.03. The van der Waals surface area contributed by atoms with Crippen LogP contribution in [0.1, 0.15) is 55.5 Å². The Hall–Kier alpha value is -2.66. The van der Waals surface area contributed by atoms with Crippen LogP contribution >= 0.6 is 0 Å². The highest BCUT2D eigenvalue weighted by molar-refractivity contribution is 5.96. The fraction of sp³-hybridized carbons (Fsp3) is 0.391. The van der Waals surface area contributed by atoms with Gasteiger partial charge in [0.2, 0.25) is 5.91 Å². The van der Waals surface area contributed by atoms with E-state index in [1.54, 1.807) is 24.3 Å². The lowest BCUT2D eigenvalue weighted by Gasteiger charge is -2.32. The van der Waals surface area contributed by atoms with Crippen LogP contribution in [0.15, 0.2) is 54.6 Å². The molecule has 148 valence electrons. The van der Waals surface area contributed by atoms with Gasteiger partial charge in [0.1, 0.15) is 5.60 Å². The van der Waals surface area contributed by atoms with Gasteiger partial charge in [-0.25, -0.2) is 4.79 Å². The van der Waals surface area contributed by atoms with Crippen molar-refractivity contribution in [2.75, 3.05) is 11.9 Å². The van der Waals surface area contributed by atoms with Crippen molar-refractivity contribution in [1.29, 1.82) is 0 Å². The molecule has 1 amide bonds. The van der Waals surface area contributed by atoms with E-state index in [2.05, 4.69) is 22.8 Å². The summed E-state index contributed by atoms with van der Waals surface area (Å²) in [5.41, 5.74) is 1.76. The number of ether oxygens (including phenoxy) is 1. The predicted octanol–water partition coefficient (Wildman–Crippen LogP) is 4.12. The van der Waals surface area contributed by atoms with E-state index in [0.29, 0.717) is 11.3 Å². The minimum atomic E-state index is -0.539. The van der Waals surface area contributed by atoms with Crippen LogP contribution in [0.2, 0.25) is 0 Å². The number of amides is 1. The fourth-order valence-electron chi connectivity index (χ4n) is 3.47. The molecule has 0 bridgehead atoms. The van der Waals surface area contributed by atoms with Crippen molar-refractivity contribution in [2.24, 2.45) is 0 Å². The van der Waals surface area contributed by atoms with Crippen LogP contribution < -0.4 is 10.6 Å². The molecule has 2 aromatic carbocycles. The Morgan fingerprint density at radius 3 is 2.36 bits per heavy atom. The Bertz CT molecular complexity index is 810. The summed E-state index contributed by atoms with van der Waals surface area (Å²) >= 11 is 0. The standard InChI is InChI=1S/C23H28N2O3/c1-23(2,3)28-22(27)17-11-13-18(14-12-17)25-21(26)20-19(10-7-15-24-20)16-8-5-4-6-9-16/h4-6,8-9,11-14,19-20,24H,7,10,15H2,1-3H3,(H,25,26)/t19-,20-/m0/s1. The van der Waals surface area contributed by atoms with Gasteiger partial charge in [-0.3, -0.25) is 4.79 Å². The zero-order valence-corrected chi connectivity index (χ0v) is 16.7. The van der Waals surface area contributed by atoms with Crippen molar-refractivity contribution in [2.45, 2.75) is 51.2 Å². The first-order valence-electron chi connectivity index (χ1n) is 9.76. The molecule has 2 atom stereocenters. The smallest absolute Gasteiger partial charge is 0.338 e. The number of benzene rings is 2. The Kier molecular flexibility index (Phi) is 6.15. The molecule has 0 saturated carbocycles. The summed E-state index contributed by atoms with van der Waals surface area (Å²) in [7, 11) is 0. The number of anilines is 1. The minimum absolute atomic E-state index is 0.0569. The largest absolute Gasteiger partial charge is 0.456 e. The van der Waals surface area contributed by atoms with Crippen molar-refractivity contribution in [3.05, 3.63) is 65.7 Å². The quantitative estimate of drug-likeness (QED) is 0.783. The van der Waals surface area contributed by atoms with E-state index in [9.17, 15) is 9.59 Å². The summed E-state index contributed by atoms with van der Waals surface area (Å²) in [4.78, 5) is 25.0. The molecule has 1 fully saturated rings. The molecule has 0 spiro atoms. The molecular formula is C23H28N2O3. The summed E-state index contributed by atoms with van der Waals surface area (Å²) < 4.78 is 5.37. The summed E-state index contributed by atoms with van der Waals surface area (Å²) in [5, 5.41) is 6.33. The van der Waals surface area contributed by atoms with Gasteiger partial charge in [0.15, 0.2) is 0 Å². The lowest BCUT2D eigenvalue weighted by Crippen LogP contribution is -2.48. The van der Waals surface area contributed by atoms with E-state index in [0.717, 1.165) is 19.4 Å². The molecule has 0 aliphatic carbocycles. The van der Waals surface area contributed by atoms with Crippen LogP contribution in [0.25, 0.3) is 0 Å². The third kappa shape index (κ3) is 5.20. The van der Waals surface area contributed by atoms with E-state index < -0.39 is 5.60 Å². The van der Waals surface area contributed by atoms with Gasteiger partial charge in [-0.15, -0.1) is 0 Å². The molecular weight excluding hydrogens is 352 g/mol. The lowest BCUT2D eigenvalue weighted by molar-refractivity contribution is -0.119. The highest BCUT2D eigenvalue weighted by Crippen LogP contribution is 2.28. The van der Waals surface area contributed by atoms with Gasteiger partial charge in [0.25, 0.3) is 0 Å². The number of carbonyl (C=O) groups is 2. The number of esters is 1. The van der Waals surface area contributed by atoms with Gasteiger partial charge in [0.05, 0.1) is 11.6 Å². The van der Waals surface area contributed by atoms with Gasteiger partial charge >= 0.3 is 5.97 Å². The van der Waals surface area contributed by atoms with Crippen LogP contribution in [0, 0.1) is 0 Å². The molecule has 2 N–H and O–H groups in total. The fourth-order valence-corrected chi connectivity index (χ4v) is 3.47. The number of carbonyl (C=O) groups excluding carboxylic acids is 2. The number of nitrogens with one attached hydrogen (secondary N) is 2. The molecule has 2 aromatic rings. The molecule has 1 saturated heterocycles. The number of hydrogen-bond acceptors (Lipinski definition) is 4. The van der Waals surface area contributed by atoms with Crippen LogP contribution in [0.3, 0.4) is 0 Å². The molecule has 28 heavy (non-hydrogen) atoms. The van der Waals surface area contributed by atoms with Gasteiger partial charge in [0, 0.05) is 11.6 Å². The third-order valence-electron chi connectivity index (χ3n) is 4.76. The first kappa shape index (κ1) is 20.1. The maximum atomic E-state index is 12.9. The molecule has 3 rings (SSSR count). The van der Waals surface area contributed by atoms with E-state index >= 15 is 0 Å². The average Bonchev–Trinajstić information content (AvgIpc) is 2.68. The van der Waals surface area contributed by atoms with Crippen molar-refractivity contribution in [3.63, 3.8) is 0 Å². The van der Waals surface area contributed by atoms with Gasteiger partial charge in [-0.2, -0.15) is 0 Å². The Morgan fingerprint density at radius 1 is 1.04 bits per heavy atom.